The number of benzene rings is 1. The molecule has 7 rings (SSSR count). The Morgan fingerprint density at radius 3 is 2.78 bits per heavy atom. The molecule has 0 saturated carbocycles. The molecule has 2 aromatic heterocycles. The van der Waals surface area contributed by atoms with E-state index in [9.17, 15) is 14.7 Å². The first kappa shape index (κ1) is 22.7. The molecule has 0 bridgehead atoms. The van der Waals surface area contributed by atoms with Crippen molar-refractivity contribution in [2.24, 2.45) is 0 Å². The second-order valence-electron chi connectivity index (χ2n) is 10.1. The second-order valence-corrected chi connectivity index (χ2v) is 10.1. The Balaban J connectivity index is 1.43. The Morgan fingerprint density at radius 2 is 1.97 bits per heavy atom. The third-order valence-electron chi connectivity index (χ3n) is 8.00. The van der Waals surface area contributed by atoms with E-state index in [-0.39, 0.29) is 18.6 Å². The zero-order valence-electron chi connectivity index (χ0n) is 20.6. The fourth-order valence-electron chi connectivity index (χ4n) is 5.94. The number of anilines is 1. The predicted molar refractivity (Wildman–Crippen MR) is 135 cm³/mol. The van der Waals surface area contributed by atoms with Gasteiger partial charge in [0.1, 0.15) is 19.0 Å². The summed E-state index contributed by atoms with van der Waals surface area (Å²) in [6, 6.07) is 5.92. The molecule has 1 fully saturated rings. The van der Waals surface area contributed by atoms with Crippen molar-refractivity contribution in [3.05, 3.63) is 50.8 Å². The van der Waals surface area contributed by atoms with Crippen molar-refractivity contribution < 1.29 is 24.1 Å². The molecule has 0 radical (unpaired) electrons. The molecule has 1 saturated heterocycles. The lowest BCUT2D eigenvalue weighted by Gasteiger charge is -2.31. The number of nitrogens with zero attached hydrogens (tertiary/aromatic N) is 3. The molecule has 0 spiro atoms. The summed E-state index contributed by atoms with van der Waals surface area (Å²) in [5.41, 5.74) is 3.60. The fourth-order valence-corrected chi connectivity index (χ4v) is 5.94. The lowest BCUT2D eigenvalue weighted by molar-refractivity contribution is -0.172. The van der Waals surface area contributed by atoms with Crippen molar-refractivity contribution in [2.45, 2.75) is 38.6 Å². The highest BCUT2D eigenvalue weighted by Crippen LogP contribution is 2.42. The van der Waals surface area contributed by atoms with Gasteiger partial charge in [-0.05, 0) is 30.2 Å². The number of morpholine rings is 1. The van der Waals surface area contributed by atoms with Crippen molar-refractivity contribution in [3.63, 3.8) is 0 Å². The number of nitrogens with one attached hydrogen (secondary N) is 1. The second kappa shape index (κ2) is 8.27. The predicted octanol–water partition coefficient (Wildman–Crippen LogP) is 1.72. The topological polar surface area (TPSA) is 115 Å². The number of rotatable bonds is 3. The molecule has 2 N–H and O–H groups in total. The zero-order valence-corrected chi connectivity index (χ0v) is 20.6. The Hall–Kier alpha value is -3.47. The van der Waals surface area contributed by atoms with E-state index in [2.05, 4.69) is 22.3 Å². The highest BCUT2D eigenvalue weighted by Gasteiger charge is 2.45. The molecular weight excluding hydrogens is 476 g/mol. The number of carbonyl (C=O) groups excluding carboxylic acids is 1. The van der Waals surface area contributed by atoms with Crippen molar-refractivity contribution in [1.82, 2.24) is 14.5 Å². The molecule has 6 heterocycles. The van der Waals surface area contributed by atoms with Gasteiger partial charge >= 0.3 is 5.97 Å². The van der Waals surface area contributed by atoms with Crippen molar-refractivity contribution in [2.75, 3.05) is 44.8 Å². The monoisotopic (exact) mass is 504 g/mol. The van der Waals surface area contributed by atoms with Gasteiger partial charge in [0.15, 0.2) is 5.60 Å². The maximum atomic E-state index is 13.5. The van der Waals surface area contributed by atoms with Gasteiger partial charge in [-0.1, -0.05) is 6.92 Å². The molecular formula is C27H28N4O6. The summed E-state index contributed by atoms with van der Waals surface area (Å²) in [7, 11) is 0. The minimum absolute atomic E-state index is 0.112. The van der Waals surface area contributed by atoms with E-state index in [4.69, 9.17) is 19.2 Å². The van der Waals surface area contributed by atoms with E-state index >= 15 is 0 Å². The number of aromatic nitrogens is 2. The lowest BCUT2D eigenvalue weighted by Crippen LogP contribution is -2.44. The highest BCUT2D eigenvalue weighted by atomic mass is 16.6. The number of carbonyl (C=O) groups is 1. The molecule has 192 valence electrons. The summed E-state index contributed by atoms with van der Waals surface area (Å²) in [5.74, 6) is 0.0950. The van der Waals surface area contributed by atoms with Gasteiger partial charge in [0.05, 0.1) is 47.9 Å². The first-order valence-electron chi connectivity index (χ1n) is 12.8. The molecule has 10 nitrogen and oxygen atoms in total. The van der Waals surface area contributed by atoms with Crippen molar-refractivity contribution >= 4 is 22.6 Å². The molecule has 10 heteroatoms. The zero-order chi connectivity index (χ0) is 25.3. The quantitative estimate of drug-likeness (QED) is 0.403. The van der Waals surface area contributed by atoms with Crippen LogP contribution < -0.4 is 15.6 Å². The SMILES string of the molecule is CC[C@@]1(O)C(=O)OCc2c1cc1n(c2=O)Cc2cc3c4c(cc(CN5CCOCC5)c3nc2-1)OCCN4. The van der Waals surface area contributed by atoms with Gasteiger partial charge in [-0.25, -0.2) is 9.78 Å². The molecule has 1 atom stereocenters. The van der Waals surface area contributed by atoms with Crippen LogP contribution in [0.1, 0.15) is 35.6 Å². The molecule has 1 aromatic carbocycles. The van der Waals surface area contributed by atoms with E-state index in [0.717, 1.165) is 46.6 Å². The Morgan fingerprint density at radius 1 is 1.14 bits per heavy atom. The maximum absolute atomic E-state index is 13.5. The smallest absolute Gasteiger partial charge is 0.343 e. The lowest BCUT2D eigenvalue weighted by atomic mass is 9.86. The van der Waals surface area contributed by atoms with E-state index in [1.807, 2.05) is 0 Å². The highest BCUT2D eigenvalue weighted by molar-refractivity contribution is 5.99. The molecule has 0 amide bonds. The van der Waals surface area contributed by atoms with E-state index in [1.54, 1.807) is 17.6 Å². The number of ether oxygens (including phenoxy) is 3. The fraction of sp³-hybridized carbons (Fsp3) is 0.444. The van der Waals surface area contributed by atoms with Crippen LogP contribution in [0.3, 0.4) is 0 Å². The number of esters is 1. The normalized spacial score (nSPS) is 22.4. The van der Waals surface area contributed by atoms with Crippen LogP contribution in [0.2, 0.25) is 0 Å². The maximum Gasteiger partial charge on any atom is 0.343 e. The van der Waals surface area contributed by atoms with Crippen molar-refractivity contribution in [1.29, 1.82) is 0 Å². The van der Waals surface area contributed by atoms with Gasteiger partial charge in [0.2, 0.25) is 0 Å². The molecule has 0 aliphatic carbocycles. The van der Waals surface area contributed by atoms with Gasteiger partial charge < -0.3 is 29.2 Å². The first-order valence-corrected chi connectivity index (χ1v) is 12.8. The molecule has 0 unspecified atom stereocenters. The first-order chi connectivity index (χ1) is 18.0. The van der Waals surface area contributed by atoms with Gasteiger partial charge in [-0.3, -0.25) is 9.69 Å². The number of pyridine rings is 2. The Labute approximate surface area is 212 Å². The Kier molecular flexibility index (Phi) is 5.08. The van der Waals surface area contributed by atoms with Crippen LogP contribution in [0.15, 0.2) is 23.0 Å². The molecule has 3 aromatic rings. The van der Waals surface area contributed by atoms with Crippen LogP contribution in [0.4, 0.5) is 5.69 Å². The van der Waals surface area contributed by atoms with Gasteiger partial charge in [-0.2, -0.15) is 0 Å². The third-order valence-corrected chi connectivity index (χ3v) is 8.00. The largest absolute Gasteiger partial charge is 0.490 e. The van der Waals surface area contributed by atoms with Gasteiger partial charge in [0.25, 0.3) is 5.56 Å². The summed E-state index contributed by atoms with van der Waals surface area (Å²) < 4.78 is 18.4. The number of hydrogen-bond donors (Lipinski definition) is 2. The minimum atomic E-state index is -1.84. The van der Waals surface area contributed by atoms with Crippen LogP contribution >= 0.6 is 0 Å². The number of hydrogen-bond acceptors (Lipinski definition) is 9. The summed E-state index contributed by atoms with van der Waals surface area (Å²) in [6.45, 7) is 7.04. The minimum Gasteiger partial charge on any atom is -0.490 e. The van der Waals surface area contributed by atoms with Crippen molar-refractivity contribution in [3.8, 4) is 17.1 Å². The standard InChI is InChI=1S/C27H28N4O6/c1-2-27(34)19-11-20-23-15(13-31(20)25(32)18(19)14-37-26(27)33)9-17-22(29-23)16(12-30-4-7-35-8-5-30)10-21-24(17)28-3-6-36-21/h9-11,28,34H,2-8,12-14H2,1H3/t27-/m0/s1. The summed E-state index contributed by atoms with van der Waals surface area (Å²) >= 11 is 0. The summed E-state index contributed by atoms with van der Waals surface area (Å²) in [6.07, 6.45) is 0.112. The van der Waals surface area contributed by atoms with Crippen LogP contribution in [0.5, 0.6) is 5.75 Å². The molecule has 37 heavy (non-hydrogen) atoms. The molecule has 4 aliphatic heterocycles. The van der Waals surface area contributed by atoms with Crippen LogP contribution in [0.25, 0.3) is 22.3 Å². The van der Waals surface area contributed by atoms with Gasteiger partial charge in [-0.15, -0.1) is 0 Å². The number of cyclic esters (lactones) is 1. The van der Waals surface area contributed by atoms with Crippen LogP contribution in [-0.4, -0.2) is 65.0 Å². The average Bonchev–Trinajstić information content (AvgIpc) is 3.29. The number of aliphatic hydroxyl groups is 1. The third kappa shape index (κ3) is 3.32. The summed E-state index contributed by atoms with van der Waals surface area (Å²) in [5, 5.41) is 15.6. The Bertz CT molecular complexity index is 1530. The molecule has 4 aliphatic rings. The van der Waals surface area contributed by atoms with E-state index < -0.39 is 11.6 Å². The van der Waals surface area contributed by atoms with E-state index in [1.165, 1.54) is 0 Å². The van der Waals surface area contributed by atoms with Crippen LogP contribution in [-0.2, 0) is 39.6 Å². The summed E-state index contributed by atoms with van der Waals surface area (Å²) in [4.78, 5) is 33.5. The van der Waals surface area contributed by atoms with Crippen LogP contribution in [0, 0.1) is 0 Å². The van der Waals surface area contributed by atoms with Gasteiger partial charge in [0, 0.05) is 42.7 Å². The average molecular weight is 505 g/mol. The number of fused-ring (bicyclic) bond motifs is 7. The van der Waals surface area contributed by atoms with E-state index in [0.29, 0.717) is 62.0 Å².